The van der Waals surface area contributed by atoms with Crippen LogP contribution in [0, 0.1) is 0 Å². The Kier molecular flexibility index (Phi) is 4.84. The van der Waals surface area contributed by atoms with Gasteiger partial charge in [0.25, 0.3) is 5.56 Å². The van der Waals surface area contributed by atoms with E-state index in [1.807, 2.05) is 43.3 Å². The van der Waals surface area contributed by atoms with Crippen LogP contribution in [0.4, 0.5) is 0 Å². The van der Waals surface area contributed by atoms with Crippen molar-refractivity contribution >= 4 is 16.7 Å². The van der Waals surface area contributed by atoms with Gasteiger partial charge in [-0.3, -0.25) is 9.78 Å². The fourth-order valence-corrected chi connectivity index (χ4v) is 2.71. The summed E-state index contributed by atoms with van der Waals surface area (Å²) in [5, 5.41) is 10.8. The Labute approximate surface area is 144 Å². The minimum atomic E-state index is -0.641. The lowest BCUT2D eigenvalue weighted by Gasteiger charge is -2.10. The van der Waals surface area contributed by atoms with E-state index in [1.54, 1.807) is 12.1 Å². The van der Waals surface area contributed by atoms with Gasteiger partial charge in [0.15, 0.2) is 0 Å². The van der Waals surface area contributed by atoms with Crippen molar-refractivity contribution in [2.75, 3.05) is 6.61 Å². The molecule has 0 amide bonds. The summed E-state index contributed by atoms with van der Waals surface area (Å²) in [4.78, 5) is 26.8. The molecular formula is C20H19NO4. The highest BCUT2D eigenvalue weighted by molar-refractivity contribution is 6.07. The lowest BCUT2D eigenvalue weighted by Crippen LogP contribution is -2.14. The van der Waals surface area contributed by atoms with Crippen molar-refractivity contribution in [3.05, 3.63) is 64.4 Å². The molecule has 0 atom stereocenters. The second-order valence-corrected chi connectivity index (χ2v) is 5.79. The van der Waals surface area contributed by atoms with Crippen molar-refractivity contribution in [3.8, 4) is 17.0 Å². The van der Waals surface area contributed by atoms with Crippen LogP contribution in [-0.4, -0.2) is 22.7 Å². The predicted octanol–water partition coefficient (Wildman–Crippen LogP) is 3.86. The van der Waals surface area contributed by atoms with Gasteiger partial charge in [-0.25, -0.2) is 4.79 Å². The van der Waals surface area contributed by atoms with E-state index < -0.39 is 17.4 Å². The van der Waals surface area contributed by atoms with Crippen molar-refractivity contribution in [1.82, 2.24) is 4.98 Å². The number of aromatic amines is 1. The van der Waals surface area contributed by atoms with Crippen LogP contribution in [0.25, 0.3) is 21.9 Å². The summed E-state index contributed by atoms with van der Waals surface area (Å²) in [7, 11) is 0. The summed E-state index contributed by atoms with van der Waals surface area (Å²) in [5.74, 6) is -1.11. The number of carbonyl (C=O) groups is 1. The number of ether oxygens (including phenoxy) is 1. The monoisotopic (exact) mass is 337 g/mol. The predicted molar refractivity (Wildman–Crippen MR) is 96.9 cm³/mol. The highest BCUT2D eigenvalue weighted by Gasteiger charge is 2.20. The maximum absolute atomic E-state index is 12.4. The minimum Gasteiger partial charge on any atom is -0.494 e. The molecule has 25 heavy (non-hydrogen) atoms. The van der Waals surface area contributed by atoms with E-state index in [4.69, 9.17) is 4.74 Å². The average molecular weight is 337 g/mol. The number of pyridine rings is 1. The summed E-state index contributed by atoms with van der Waals surface area (Å²) in [5.41, 5.74) is 1.34. The van der Waals surface area contributed by atoms with Crippen LogP contribution < -0.4 is 5.56 Å². The van der Waals surface area contributed by atoms with Crippen molar-refractivity contribution in [1.29, 1.82) is 0 Å². The largest absolute Gasteiger partial charge is 0.494 e. The lowest BCUT2D eigenvalue weighted by atomic mass is 9.99. The van der Waals surface area contributed by atoms with Crippen LogP contribution in [0.5, 0.6) is 5.88 Å². The Morgan fingerprint density at radius 1 is 1.08 bits per heavy atom. The van der Waals surface area contributed by atoms with Crippen LogP contribution in [0.2, 0.25) is 0 Å². The normalized spacial score (nSPS) is 10.8. The van der Waals surface area contributed by atoms with E-state index in [1.165, 1.54) is 0 Å². The number of aromatic hydroxyl groups is 1. The maximum atomic E-state index is 12.4. The second kappa shape index (κ2) is 7.21. The molecule has 1 aromatic heterocycles. The van der Waals surface area contributed by atoms with E-state index in [0.29, 0.717) is 10.8 Å². The number of unbranched alkanes of at least 4 members (excludes halogenated alkanes) is 1. The molecule has 2 aromatic carbocycles. The van der Waals surface area contributed by atoms with Crippen molar-refractivity contribution in [2.45, 2.75) is 19.8 Å². The molecule has 5 nitrogen and oxygen atoms in total. The number of carbonyl (C=O) groups excluding carboxylic acids is 1. The Morgan fingerprint density at radius 2 is 1.84 bits per heavy atom. The zero-order chi connectivity index (χ0) is 17.8. The van der Waals surface area contributed by atoms with E-state index in [-0.39, 0.29) is 12.2 Å². The van der Waals surface area contributed by atoms with Gasteiger partial charge < -0.3 is 9.84 Å². The zero-order valence-corrected chi connectivity index (χ0v) is 13.9. The molecule has 0 saturated heterocycles. The standard InChI is InChI=1S/C20H19NO4/c1-2-3-11-25-20(24)17-16-12-14(13-7-5-4-6-8-13)9-10-15(16)18(22)21-19(17)23/h4-10,12H,2-3,11H2,1H3,(H2,21,22,23). The second-order valence-electron chi connectivity index (χ2n) is 5.79. The molecule has 0 spiro atoms. The van der Waals surface area contributed by atoms with Gasteiger partial charge in [0.1, 0.15) is 5.56 Å². The topological polar surface area (TPSA) is 79.4 Å². The molecule has 128 valence electrons. The molecular weight excluding hydrogens is 318 g/mol. The molecule has 3 aromatic rings. The van der Waals surface area contributed by atoms with Gasteiger partial charge in [0, 0.05) is 10.8 Å². The summed E-state index contributed by atoms with van der Waals surface area (Å²) in [6.45, 7) is 2.26. The maximum Gasteiger partial charge on any atom is 0.344 e. The third-order valence-corrected chi connectivity index (χ3v) is 4.04. The fraction of sp³-hybridized carbons (Fsp3) is 0.200. The van der Waals surface area contributed by atoms with E-state index >= 15 is 0 Å². The minimum absolute atomic E-state index is 0.0107. The van der Waals surface area contributed by atoms with Gasteiger partial charge in [0.2, 0.25) is 5.88 Å². The summed E-state index contributed by atoms with van der Waals surface area (Å²) >= 11 is 0. The first-order valence-corrected chi connectivity index (χ1v) is 8.23. The molecule has 0 saturated carbocycles. The number of aromatic nitrogens is 1. The quantitative estimate of drug-likeness (QED) is 0.547. The Hall–Kier alpha value is -3.08. The molecule has 0 aliphatic carbocycles. The number of benzene rings is 2. The first-order chi connectivity index (χ1) is 12.1. The molecule has 5 heteroatoms. The highest BCUT2D eigenvalue weighted by Crippen LogP contribution is 2.28. The van der Waals surface area contributed by atoms with E-state index in [9.17, 15) is 14.7 Å². The number of nitrogens with one attached hydrogen (secondary N) is 1. The zero-order valence-electron chi connectivity index (χ0n) is 13.9. The SMILES string of the molecule is CCCCOC(=O)c1c(O)[nH]c(=O)c2ccc(-c3ccccc3)cc12. The molecule has 0 unspecified atom stereocenters. The number of hydrogen-bond acceptors (Lipinski definition) is 4. The number of H-pyrrole nitrogens is 1. The Morgan fingerprint density at radius 3 is 2.56 bits per heavy atom. The summed E-state index contributed by atoms with van der Waals surface area (Å²) in [6, 6.07) is 14.8. The third-order valence-electron chi connectivity index (χ3n) is 4.04. The smallest absolute Gasteiger partial charge is 0.344 e. The molecule has 1 heterocycles. The molecule has 0 bridgehead atoms. The van der Waals surface area contributed by atoms with E-state index in [2.05, 4.69) is 4.98 Å². The van der Waals surface area contributed by atoms with Gasteiger partial charge >= 0.3 is 5.97 Å². The Balaban J connectivity index is 2.14. The molecule has 2 N–H and O–H groups in total. The average Bonchev–Trinajstić information content (AvgIpc) is 2.62. The van der Waals surface area contributed by atoms with Crippen molar-refractivity contribution in [3.63, 3.8) is 0 Å². The van der Waals surface area contributed by atoms with Crippen molar-refractivity contribution < 1.29 is 14.6 Å². The Bertz CT molecular complexity index is 961. The molecule has 0 aliphatic rings. The lowest BCUT2D eigenvalue weighted by molar-refractivity contribution is 0.0498. The number of fused-ring (bicyclic) bond motifs is 1. The van der Waals surface area contributed by atoms with Gasteiger partial charge in [-0.1, -0.05) is 49.7 Å². The van der Waals surface area contributed by atoms with Gasteiger partial charge in [0.05, 0.1) is 6.61 Å². The van der Waals surface area contributed by atoms with Crippen LogP contribution in [0.1, 0.15) is 30.1 Å². The number of rotatable bonds is 5. The first kappa shape index (κ1) is 16.8. The number of esters is 1. The van der Waals surface area contributed by atoms with Crippen LogP contribution in [0.15, 0.2) is 53.3 Å². The highest BCUT2D eigenvalue weighted by atomic mass is 16.5. The van der Waals surface area contributed by atoms with E-state index in [0.717, 1.165) is 24.0 Å². The molecule has 3 rings (SSSR count). The van der Waals surface area contributed by atoms with Crippen molar-refractivity contribution in [2.24, 2.45) is 0 Å². The summed E-state index contributed by atoms with van der Waals surface area (Å²) in [6.07, 6.45) is 1.63. The number of hydrogen-bond donors (Lipinski definition) is 2. The van der Waals surface area contributed by atoms with Gasteiger partial charge in [-0.05, 0) is 29.7 Å². The first-order valence-electron chi connectivity index (χ1n) is 8.23. The van der Waals surface area contributed by atoms with Crippen LogP contribution in [-0.2, 0) is 4.74 Å². The fourth-order valence-electron chi connectivity index (χ4n) is 2.71. The van der Waals surface area contributed by atoms with Gasteiger partial charge in [-0.2, -0.15) is 0 Å². The van der Waals surface area contributed by atoms with Crippen LogP contribution >= 0.6 is 0 Å². The van der Waals surface area contributed by atoms with Crippen LogP contribution in [0.3, 0.4) is 0 Å². The summed E-state index contributed by atoms with van der Waals surface area (Å²) < 4.78 is 5.22. The molecule has 0 aliphatic heterocycles. The molecule has 0 radical (unpaired) electrons. The third kappa shape index (κ3) is 3.40. The molecule has 0 fully saturated rings. The van der Waals surface area contributed by atoms with Gasteiger partial charge in [-0.15, -0.1) is 0 Å².